The zero-order valence-electron chi connectivity index (χ0n) is 17.7. The zero-order chi connectivity index (χ0) is 26.2. The summed E-state index contributed by atoms with van der Waals surface area (Å²) in [5.74, 6) is -6.50. The van der Waals surface area contributed by atoms with Crippen LogP contribution in [-0.2, 0) is 14.4 Å². The quantitative estimate of drug-likeness (QED) is 0.326. The molecule has 188 valence electrons. The lowest BCUT2D eigenvalue weighted by atomic mass is 9.81. The predicted octanol–water partition coefficient (Wildman–Crippen LogP) is 5.23. The number of carboxylic acids is 1. The van der Waals surface area contributed by atoms with E-state index in [9.17, 15) is 19.5 Å². The summed E-state index contributed by atoms with van der Waals surface area (Å²) in [7, 11) is 0. The topological polar surface area (TPSA) is 105 Å². The number of halogens is 6. The van der Waals surface area contributed by atoms with Gasteiger partial charge in [-0.2, -0.15) is 0 Å². The van der Waals surface area contributed by atoms with Crippen molar-refractivity contribution in [2.45, 2.75) is 20.0 Å². The molecule has 0 spiro atoms. The maximum absolute atomic E-state index is 13.3. The van der Waals surface area contributed by atoms with Gasteiger partial charge in [0.25, 0.3) is 5.91 Å². The Bertz CT molecular complexity index is 1320. The maximum Gasteiger partial charge on any atom is 0.309 e. The van der Waals surface area contributed by atoms with Crippen LogP contribution in [0.25, 0.3) is 0 Å². The number of hydrogen-bond donors (Lipinski definition) is 3. The number of fused-ring (bicyclic) bond motifs is 4. The molecule has 2 bridgehead atoms. The van der Waals surface area contributed by atoms with E-state index in [1.54, 1.807) is 48.5 Å². The fraction of sp³-hybridized carbons (Fsp3) is 0.261. The van der Waals surface area contributed by atoms with Crippen LogP contribution in [0.5, 0.6) is 11.5 Å². The number of hydrazine groups is 1. The van der Waals surface area contributed by atoms with Crippen LogP contribution >= 0.6 is 69.6 Å². The second-order valence-electron chi connectivity index (χ2n) is 8.51. The number of benzene rings is 2. The lowest BCUT2D eigenvalue weighted by molar-refractivity contribution is -0.147. The number of alkyl halides is 4. The van der Waals surface area contributed by atoms with E-state index >= 15 is 0 Å². The monoisotopic (exact) mass is 608 g/mol. The van der Waals surface area contributed by atoms with Gasteiger partial charge in [-0.05, 0) is 12.1 Å². The highest BCUT2D eigenvalue weighted by molar-refractivity contribution is 6.66. The molecule has 1 fully saturated rings. The molecule has 13 heteroatoms. The highest BCUT2D eigenvalue weighted by atomic mass is 35.5. The average molecular weight is 611 g/mol. The van der Waals surface area contributed by atoms with Gasteiger partial charge in [0.15, 0.2) is 4.33 Å². The van der Waals surface area contributed by atoms with Crippen LogP contribution in [0.15, 0.2) is 58.6 Å². The summed E-state index contributed by atoms with van der Waals surface area (Å²) < 4.78 is 3.62. The molecule has 2 aromatic carbocycles. The lowest BCUT2D eigenvalue weighted by Crippen LogP contribution is -2.54. The van der Waals surface area contributed by atoms with Gasteiger partial charge in [-0.15, -0.1) is 23.2 Å². The second-order valence-corrected chi connectivity index (χ2v) is 11.8. The summed E-state index contributed by atoms with van der Waals surface area (Å²) in [6, 6.07) is 13.9. The molecule has 3 aliphatic rings. The minimum Gasteiger partial charge on any atom is -0.481 e. The van der Waals surface area contributed by atoms with E-state index in [0.717, 1.165) is 0 Å². The van der Waals surface area contributed by atoms with Gasteiger partial charge in [0.05, 0.1) is 27.8 Å². The molecular formula is C23H14Cl6N2O5. The summed E-state index contributed by atoms with van der Waals surface area (Å²) in [5.41, 5.74) is 5.72. The molecule has 0 radical (unpaired) electrons. The molecule has 4 atom stereocenters. The molecule has 1 saturated carbocycles. The van der Waals surface area contributed by atoms with Gasteiger partial charge in [0.1, 0.15) is 21.2 Å². The Kier molecular flexibility index (Phi) is 6.14. The smallest absolute Gasteiger partial charge is 0.309 e. The standard InChI is InChI=1S/C23H14Cl6N2O5/c24-16-17(25)22(27)15(20(34)35)14(21(16,26)23(22,28)29)19(33)31-30-18(32)13-9-5-1-3-7-11(9)36-12-8-4-2-6-10(12)13/h1-8,13-15H,(H,30,32)(H,31,33)(H,34,35)/t14-,15-,21-,22-/m1/s1. The van der Waals surface area contributed by atoms with Crippen LogP contribution in [0.2, 0.25) is 0 Å². The summed E-state index contributed by atoms with van der Waals surface area (Å²) in [5, 5.41) is 9.20. The predicted molar refractivity (Wildman–Crippen MR) is 136 cm³/mol. The molecule has 3 N–H and O–H groups in total. The summed E-state index contributed by atoms with van der Waals surface area (Å²) in [4.78, 5) is 34.5. The van der Waals surface area contributed by atoms with Crippen LogP contribution in [0, 0.1) is 11.8 Å². The van der Waals surface area contributed by atoms with Crippen molar-refractivity contribution < 1.29 is 24.2 Å². The van der Waals surface area contributed by atoms with Crippen molar-refractivity contribution in [2.24, 2.45) is 11.8 Å². The van der Waals surface area contributed by atoms with Gasteiger partial charge < -0.3 is 9.84 Å². The third-order valence-corrected chi connectivity index (χ3v) is 11.0. The highest BCUT2D eigenvalue weighted by Crippen LogP contribution is 2.76. The Morgan fingerprint density at radius 2 is 1.19 bits per heavy atom. The van der Waals surface area contributed by atoms with Crippen molar-refractivity contribution in [2.75, 3.05) is 0 Å². The average Bonchev–Trinajstić information content (AvgIpc) is 3.06. The number of nitrogens with one attached hydrogen (secondary N) is 2. The van der Waals surface area contributed by atoms with Gasteiger partial charge in [-0.1, -0.05) is 82.8 Å². The number of carbonyl (C=O) groups excluding carboxylic acids is 2. The molecule has 2 amide bonds. The number of ether oxygens (including phenoxy) is 1. The fourth-order valence-corrected chi connectivity index (χ4v) is 8.03. The van der Waals surface area contributed by atoms with Crippen LogP contribution < -0.4 is 15.6 Å². The molecule has 0 saturated heterocycles. The summed E-state index contributed by atoms with van der Waals surface area (Å²) in [6.45, 7) is 0. The van der Waals surface area contributed by atoms with Crippen molar-refractivity contribution in [3.05, 3.63) is 69.7 Å². The first-order valence-corrected chi connectivity index (χ1v) is 12.7. The molecule has 36 heavy (non-hydrogen) atoms. The molecular weight excluding hydrogens is 597 g/mol. The third-order valence-electron chi connectivity index (χ3n) is 6.74. The SMILES string of the molecule is O=C(NNC(=O)[C@H]1[C@H](C(=O)O)[C@@]2(Cl)C(Cl)=C(Cl)[C@@]1(Cl)C2(Cl)Cl)C1c2ccccc2Oc2ccccc21. The number of carbonyl (C=O) groups is 3. The Morgan fingerprint density at radius 3 is 1.69 bits per heavy atom. The number of aliphatic carboxylic acids is 1. The zero-order valence-corrected chi connectivity index (χ0v) is 22.2. The van der Waals surface area contributed by atoms with Gasteiger partial charge in [-0.3, -0.25) is 25.2 Å². The van der Waals surface area contributed by atoms with E-state index < -0.39 is 49.6 Å². The summed E-state index contributed by atoms with van der Waals surface area (Å²) >= 11 is 38.5. The first-order chi connectivity index (χ1) is 16.9. The van der Waals surface area contributed by atoms with Crippen LogP contribution in [-0.4, -0.2) is 37.0 Å². The molecule has 1 aliphatic heterocycles. The second kappa shape index (κ2) is 8.58. The first kappa shape index (κ1) is 25.8. The Labute approximate surface area is 234 Å². The number of hydrogen-bond acceptors (Lipinski definition) is 4. The summed E-state index contributed by atoms with van der Waals surface area (Å²) in [6.07, 6.45) is 0. The van der Waals surface area contributed by atoms with Crippen molar-refractivity contribution in [1.82, 2.24) is 10.9 Å². The van der Waals surface area contributed by atoms with Gasteiger partial charge in [0, 0.05) is 11.1 Å². The maximum atomic E-state index is 13.3. The molecule has 0 aromatic heterocycles. The van der Waals surface area contributed by atoms with Crippen molar-refractivity contribution in [3.8, 4) is 11.5 Å². The fourth-order valence-electron chi connectivity index (χ4n) is 5.09. The van der Waals surface area contributed by atoms with Crippen LogP contribution in [0.4, 0.5) is 0 Å². The number of allylic oxidation sites excluding steroid dienone is 2. The lowest BCUT2D eigenvalue weighted by Gasteiger charge is -2.33. The van der Waals surface area contributed by atoms with E-state index in [4.69, 9.17) is 74.3 Å². The number of carboxylic acid groups (broad SMARTS) is 1. The Hall–Kier alpha value is -1.87. The van der Waals surface area contributed by atoms with Crippen molar-refractivity contribution >= 4 is 87.4 Å². The minimum absolute atomic E-state index is 0.345. The van der Waals surface area contributed by atoms with Crippen molar-refractivity contribution in [1.29, 1.82) is 0 Å². The van der Waals surface area contributed by atoms with Crippen LogP contribution in [0.1, 0.15) is 17.0 Å². The third kappa shape index (κ3) is 3.17. The van der Waals surface area contributed by atoms with E-state index in [2.05, 4.69) is 10.9 Å². The molecule has 0 unspecified atom stereocenters. The van der Waals surface area contributed by atoms with Crippen molar-refractivity contribution in [3.63, 3.8) is 0 Å². The molecule has 5 rings (SSSR count). The Morgan fingerprint density at radius 1 is 0.750 bits per heavy atom. The Balaban J connectivity index is 1.45. The first-order valence-electron chi connectivity index (χ1n) is 10.4. The molecule has 2 aliphatic carbocycles. The number of para-hydroxylation sites is 2. The highest BCUT2D eigenvalue weighted by Gasteiger charge is 2.85. The number of amides is 2. The van der Waals surface area contributed by atoms with Crippen LogP contribution in [0.3, 0.4) is 0 Å². The number of rotatable bonds is 3. The van der Waals surface area contributed by atoms with E-state index in [-0.39, 0.29) is 10.1 Å². The largest absolute Gasteiger partial charge is 0.481 e. The normalized spacial score (nSPS) is 29.7. The minimum atomic E-state index is -2.26. The van der Waals surface area contributed by atoms with Gasteiger partial charge in [0.2, 0.25) is 5.91 Å². The van der Waals surface area contributed by atoms with E-state index in [0.29, 0.717) is 22.6 Å². The molecule has 1 heterocycles. The van der Waals surface area contributed by atoms with Gasteiger partial charge in [-0.25, -0.2) is 0 Å². The molecule has 2 aromatic rings. The van der Waals surface area contributed by atoms with E-state index in [1.165, 1.54) is 0 Å². The molecule has 7 nitrogen and oxygen atoms in total. The van der Waals surface area contributed by atoms with E-state index in [1.807, 2.05) is 0 Å². The van der Waals surface area contributed by atoms with Gasteiger partial charge >= 0.3 is 5.97 Å².